The lowest BCUT2D eigenvalue weighted by Crippen LogP contribution is -2.36. The lowest BCUT2D eigenvalue weighted by atomic mass is 10.2. The molecule has 0 spiro atoms. The van der Waals surface area contributed by atoms with Crippen molar-refractivity contribution in [1.29, 1.82) is 0 Å². The Bertz CT molecular complexity index is 903. The zero-order valence-corrected chi connectivity index (χ0v) is 14.4. The van der Waals surface area contributed by atoms with Crippen LogP contribution in [0, 0.1) is 13.8 Å². The van der Waals surface area contributed by atoms with Crippen molar-refractivity contribution in [3.05, 3.63) is 22.8 Å². The molecule has 0 radical (unpaired) electrons. The van der Waals surface area contributed by atoms with E-state index in [2.05, 4.69) is 27.2 Å². The number of ether oxygens (including phenoxy) is 1. The van der Waals surface area contributed by atoms with Gasteiger partial charge in [-0.3, -0.25) is 0 Å². The first kappa shape index (κ1) is 15.2. The molecule has 1 saturated heterocycles. The molecule has 0 atom stereocenters. The minimum Gasteiger partial charge on any atom is -0.378 e. The highest BCUT2D eigenvalue weighted by Gasteiger charge is 2.20. The highest BCUT2D eigenvalue weighted by atomic mass is 32.1. The van der Waals surface area contributed by atoms with Crippen molar-refractivity contribution in [3.63, 3.8) is 0 Å². The van der Waals surface area contributed by atoms with Crippen molar-refractivity contribution in [2.24, 2.45) is 0 Å². The summed E-state index contributed by atoms with van der Waals surface area (Å²) >= 11 is 1.69. The second-order valence-electron chi connectivity index (χ2n) is 5.79. The van der Waals surface area contributed by atoms with E-state index in [1.807, 2.05) is 6.92 Å². The Morgan fingerprint density at radius 2 is 1.96 bits per heavy atom. The molecule has 0 amide bonds. The highest BCUT2D eigenvalue weighted by molar-refractivity contribution is 7.18. The van der Waals surface area contributed by atoms with E-state index in [0.717, 1.165) is 59.2 Å². The molecule has 1 aliphatic heterocycles. The van der Waals surface area contributed by atoms with Gasteiger partial charge in [-0.2, -0.15) is 0 Å². The maximum absolute atomic E-state index is 5.67. The number of hydrogen-bond acceptors (Lipinski definition) is 8. The van der Waals surface area contributed by atoms with Crippen molar-refractivity contribution in [3.8, 4) is 11.4 Å². The third-order valence-electron chi connectivity index (χ3n) is 4.12. The Morgan fingerprint density at radius 1 is 1.17 bits per heavy atom. The fraction of sp³-hybridized carbons (Fsp3) is 0.375. The molecule has 0 unspecified atom stereocenters. The molecule has 2 N–H and O–H groups in total. The molecule has 1 fully saturated rings. The zero-order chi connectivity index (χ0) is 16.7. The smallest absolute Gasteiger partial charge is 0.220 e. The van der Waals surface area contributed by atoms with Gasteiger partial charge >= 0.3 is 0 Å². The van der Waals surface area contributed by atoms with Crippen LogP contribution in [0.2, 0.25) is 0 Å². The average Bonchev–Trinajstić information content (AvgIpc) is 2.96. The summed E-state index contributed by atoms with van der Waals surface area (Å²) < 4.78 is 6.59. The molecule has 4 heterocycles. The zero-order valence-electron chi connectivity index (χ0n) is 13.6. The van der Waals surface area contributed by atoms with Gasteiger partial charge in [0.15, 0.2) is 11.6 Å². The Hall–Kier alpha value is -2.32. The van der Waals surface area contributed by atoms with Gasteiger partial charge in [-0.15, -0.1) is 11.3 Å². The van der Waals surface area contributed by atoms with Crippen molar-refractivity contribution in [2.45, 2.75) is 13.8 Å². The molecular formula is C16H18N6OS. The third kappa shape index (κ3) is 2.57. The monoisotopic (exact) mass is 342 g/mol. The molecule has 8 heteroatoms. The number of morpholine rings is 1. The summed E-state index contributed by atoms with van der Waals surface area (Å²) in [6.45, 7) is 7.07. The van der Waals surface area contributed by atoms with Gasteiger partial charge in [0.1, 0.15) is 0 Å². The summed E-state index contributed by atoms with van der Waals surface area (Å²) in [5.74, 6) is 1.87. The van der Waals surface area contributed by atoms with Crippen LogP contribution in [-0.4, -0.2) is 46.2 Å². The largest absolute Gasteiger partial charge is 0.378 e. The van der Waals surface area contributed by atoms with Crippen molar-refractivity contribution < 1.29 is 4.74 Å². The van der Waals surface area contributed by atoms with Gasteiger partial charge in [0.25, 0.3) is 0 Å². The molecule has 4 rings (SSSR count). The lowest BCUT2D eigenvalue weighted by molar-refractivity contribution is 0.122. The van der Waals surface area contributed by atoms with Crippen molar-refractivity contribution in [2.75, 3.05) is 36.9 Å². The summed E-state index contributed by atoms with van der Waals surface area (Å²) in [5, 5.41) is 2.12. The molecule has 24 heavy (non-hydrogen) atoms. The number of anilines is 2. The summed E-state index contributed by atoms with van der Waals surface area (Å²) in [7, 11) is 0. The standard InChI is InChI=1S/C16H18N6OS/c1-9-8-24-13-12(9)20-14(11-7-18-16(17)19-10(11)2)21-15(13)22-3-5-23-6-4-22/h7-8H,3-6H2,1-2H3,(H2,17,18,19). The predicted molar refractivity (Wildman–Crippen MR) is 95.4 cm³/mol. The summed E-state index contributed by atoms with van der Waals surface area (Å²) in [6, 6.07) is 0. The van der Waals surface area contributed by atoms with Gasteiger partial charge in [-0.25, -0.2) is 19.9 Å². The van der Waals surface area contributed by atoms with Crippen molar-refractivity contribution >= 4 is 33.3 Å². The fourth-order valence-electron chi connectivity index (χ4n) is 2.83. The normalized spacial score (nSPS) is 15.2. The van der Waals surface area contributed by atoms with Crippen molar-refractivity contribution in [1.82, 2.24) is 19.9 Å². The number of rotatable bonds is 2. The van der Waals surface area contributed by atoms with Crippen LogP contribution >= 0.6 is 11.3 Å². The highest BCUT2D eigenvalue weighted by Crippen LogP contribution is 2.34. The Morgan fingerprint density at radius 3 is 2.71 bits per heavy atom. The molecule has 0 aliphatic carbocycles. The van der Waals surface area contributed by atoms with Crippen LogP contribution in [-0.2, 0) is 4.74 Å². The minimum absolute atomic E-state index is 0.262. The number of aromatic nitrogens is 4. The maximum atomic E-state index is 5.67. The lowest BCUT2D eigenvalue weighted by Gasteiger charge is -2.28. The van der Waals surface area contributed by atoms with Gasteiger partial charge in [-0.1, -0.05) is 0 Å². The number of fused-ring (bicyclic) bond motifs is 1. The maximum Gasteiger partial charge on any atom is 0.220 e. The van der Waals surface area contributed by atoms with Crippen LogP contribution in [0.4, 0.5) is 11.8 Å². The van der Waals surface area contributed by atoms with E-state index in [9.17, 15) is 0 Å². The van der Waals surface area contributed by atoms with E-state index in [4.69, 9.17) is 20.4 Å². The number of nitrogens with zero attached hydrogens (tertiary/aromatic N) is 5. The molecule has 0 aromatic carbocycles. The SMILES string of the molecule is Cc1nc(N)ncc1-c1nc(N2CCOCC2)c2scc(C)c2n1. The molecular weight excluding hydrogens is 324 g/mol. The molecule has 0 bridgehead atoms. The number of aryl methyl sites for hydroxylation is 2. The number of nitrogen functional groups attached to an aromatic ring is 1. The molecule has 124 valence electrons. The van der Waals surface area contributed by atoms with Gasteiger partial charge in [0.2, 0.25) is 5.95 Å². The summed E-state index contributed by atoms with van der Waals surface area (Å²) in [5.41, 5.74) is 9.40. The number of hydrogen-bond donors (Lipinski definition) is 1. The first-order valence-corrected chi connectivity index (χ1v) is 8.69. The van der Waals surface area contributed by atoms with Crippen LogP contribution < -0.4 is 10.6 Å². The summed E-state index contributed by atoms with van der Waals surface area (Å²) in [4.78, 5) is 20.2. The predicted octanol–water partition coefficient (Wildman–Crippen LogP) is 2.18. The number of thiophene rings is 1. The van der Waals surface area contributed by atoms with Crippen LogP contribution in [0.1, 0.15) is 11.3 Å². The fourth-order valence-corrected chi connectivity index (χ4v) is 3.84. The van der Waals surface area contributed by atoms with E-state index < -0.39 is 0 Å². The van der Waals surface area contributed by atoms with Crippen LogP contribution in [0.3, 0.4) is 0 Å². The molecule has 0 saturated carbocycles. The first-order valence-electron chi connectivity index (χ1n) is 7.81. The van der Waals surface area contributed by atoms with Gasteiger partial charge in [0.05, 0.1) is 34.7 Å². The molecule has 3 aromatic rings. The van der Waals surface area contributed by atoms with E-state index in [1.165, 1.54) is 0 Å². The van der Waals surface area contributed by atoms with Gasteiger partial charge in [-0.05, 0) is 24.8 Å². The van der Waals surface area contributed by atoms with E-state index in [-0.39, 0.29) is 5.95 Å². The quantitative estimate of drug-likeness (QED) is 0.763. The van der Waals surface area contributed by atoms with Gasteiger partial charge < -0.3 is 15.4 Å². The Balaban J connectivity index is 1.91. The van der Waals surface area contributed by atoms with Crippen LogP contribution in [0.5, 0.6) is 0 Å². The summed E-state index contributed by atoms with van der Waals surface area (Å²) in [6.07, 6.45) is 1.70. The van der Waals surface area contributed by atoms with E-state index in [0.29, 0.717) is 5.82 Å². The molecule has 3 aromatic heterocycles. The molecule has 7 nitrogen and oxygen atoms in total. The Kier molecular flexibility index (Phi) is 3.78. The van der Waals surface area contributed by atoms with E-state index >= 15 is 0 Å². The first-order chi connectivity index (χ1) is 11.6. The van der Waals surface area contributed by atoms with Crippen LogP contribution in [0.15, 0.2) is 11.6 Å². The number of nitrogens with two attached hydrogens (primary N) is 1. The Labute approximate surface area is 143 Å². The molecule has 1 aliphatic rings. The van der Waals surface area contributed by atoms with Gasteiger partial charge in [0, 0.05) is 19.3 Å². The second-order valence-corrected chi connectivity index (χ2v) is 6.67. The average molecular weight is 342 g/mol. The van der Waals surface area contributed by atoms with E-state index in [1.54, 1.807) is 17.5 Å². The topological polar surface area (TPSA) is 90.0 Å². The van der Waals surface area contributed by atoms with Crippen LogP contribution in [0.25, 0.3) is 21.6 Å². The second kappa shape index (κ2) is 5.95. The third-order valence-corrected chi connectivity index (χ3v) is 5.21. The minimum atomic E-state index is 0.262.